The molecule has 0 bridgehead atoms. The number of carboxylic acids is 1. The number of alkyl carbamates (subject to hydrolysis) is 1. The number of anilines is 1. The Bertz CT molecular complexity index is 1140. The molecule has 6 N–H and O–H groups in total. The first-order valence-electron chi connectivity index (χ1n) is 12.4. The van der Waals surface area contributed by atoms with Gasteiger partial charge in [-0.2, -0.15) is 0 Å². The van der Waals surface area contributed by atoms with Gasteiger partial charge in [0.05, 0.1) is 5.69 Å². The molecule has 0 aliphatic carbocycles. The number of aliphatic hydroxyl groups excluding tert-OH is 3. The Balaban J connectivity index is 1.65. The Morgan fingerprint density at radius 2 is 1.70 bits per heavy atom. The summed E-state index contributed by atoms with van der Waals surface area (Å²) in [5, 5.41) is 44.4. The molecule has 1 saturated heterocycles. The van der Waals surface area contributed by atoms with Crippen LogP contribution in [0.1, 0.15) is 31.2 Å². The molecule has 0 spiro atoms. The van der Waals surface area contributed by atoms with Crippen LogP contribution in [0.2, 0.25) is 0 Å². The summed E-state index contributed by atoms with van der Waals surface area (Å²) in [5.41, 5.74) is 0.523. The predicted octanol–water partition coefficient (Wildman–Crippen LogP) is -0.762. The number of unbranched alkanes of at least 4 members (excludes halogenated alkanes) is 2. The molecule has 1 fully saturated rings. The van der Waals surface area contributed by atoms with Gasteiger partial charge in [-0.15, -0.1) is 0 Å². The van der Waals surface area contributed by atoms with Gasteiger partial charge in [0, 0.05) is 32.2 Å². The Labute approximate surface area is 228 Å². The minimum atomic E-state index is -1.91. The number of rotatable bonds is 12. The quantitative estimate of drug-likeness (QED) is 0.136. The molecule has 4 amide bonds. The van der Waals surface area contributed by atoms with Crippen LogP contribution in [0, 0.1) is 0 Å². The zero-order valence-electron chi connectivity index (χ0n) is 21.5. The average molecular weight is 566 g/mol. The zero-order valence-corrected chi connectivity index (χ0v) is 21.5. The highest BCUT2D eigenvalue weighted by Crippen LogP contribution is 2.31. The van der Waals surface area contributed by atoms with Crippen molar-refractivity contribution in [3.8, 4) is 5.75 Å². The highest BCUT2D eigenvalue weighted by atomic mass is 16.7. The van der Waals surface area contributed by atoms with Crippen molar-refractivity contribution in [2.75, 3.05) is 18.9 Å². The third-order valence-corrected chi connectivity index (χ3v) is 6.13. The second-order valence-electron chi connectivity index (χ2n) is 9.03. The third-order valence-electron chi connectivity index (χ3n) is 6.13. The maximum atomic E-state index is 12.7. The fourth-order valence-corrected chi connectivity index (χ4v) is 3.96. The van der Waals surface area contributed by atoms with Gasteiger partial charge in [-0.3, -0.25) is 19.3 Å². The van der Waals surface area contributed by atoms with Crippen LogP contribution in [-0.2, 0) is 35.3 Å². The lowest BCUT2D eigenvalue weighted by Gasteiger charge is -2.38. The highest BCUT2D eigenvalue weighted by molar-refractivity contribution is 6.12. The van der Waals surface area contributed by atoms with Gasteiger partial charge in [-0.1, -0.05) is 12.5 Å². The molecule has 0 radical (unpaired) electrons. The number of amides is 4. The lowest BCUT2D eigenvalue weighted by molar-refractivity contribution is -0.271. The van der Waals surface area contributed by atoms with E-state index in [1.54, 1.807) is 0 Å². The van der Waals surface area contributed by atoms with Gasteiger partial charge >= 0.3 is 12.1 Å². The number of imide groups is 1. The summed E-state index contributed by atoms with van der Waals surface area (Å²) >= 11 is 0. The molecule has 15 nitrogen and oxygen atoms in total. The van der Waals surface area contributed by atoms with E-state index in [0.29, 0.717) is 24.8 Å². The van der Waals surface area contributed by atoms with E-state index in [1.165, 1.54) is 37.4 Å². The largest absolute Gasteiger partial charge is 0.479 e. The molecule has 15 heteroatoms. The fraction of sp³-hybridized carbons (Fsp3) is 0.480. The molecule has 2 aliphatic rings. The summed E-state index contributed by atoms with van der Waals surface area (Å²) in [6, 6.07) is 4.28. The third kappa shape index (κ3) is 7.75. The van der Waals surface area contributed by atoms with Crippen molar-refractivity contribution in [3.63, 3.8) is 0 Å². The van der Waals surface area contributed by atoms with Crippen molar-refractivity contribution >= 4 is 35.5 Å². The number of carbonyl (C=O) groups excluding carboxylic acids is 4. The molecule has 0 saturated carbocycles. The summed E-state index contributed by atoms with van der Waals surface area (Å²) in [7, 11) is 1.38. The smallest absolute Gasteiger partial charge is 0.407 e. The molecule has 0 unspecified atom stereocenters. The molecular formula is C25H31N3O12. The number of hydrogen-bond acceptors (Lipinski definition) is 11. The number of benzene rings is 1. The number of nitrogens with zero attached hydrogens (tertiary/aromatic N) is 1. The van der Waals surface area contributed by atoms with Gasteiger partial charge in [0.15, 0.2) is 6.10 Å². The highest BCUT2D eigenvalue weighted by Gasteiger charge is 2.48. The summed E-state index contributed by atoms with van der Waals surface area (Å²) in [6.07, 6.45) is -5.97. The number of hydrogen-bond donors (Lipinski definition) is 6. The van der Waals surface area contributed by atoms with Gasteiger partial charge in [-0.25, -0.2) is 9.59 Å². The number of ether oxygens (including phenoxy) is 3. The van der Waals surface area contributed by atoms with Crippen LogP contribution in [0.4, 0.5) is 10.5 Å². The Kier molecular flexibility index (Phi) is 10.6. The summed E-state index contributed by atoms with van der Waals surface area (Å²) in [4.78, 5) is 59.8. The zero-order chi connectivity index (χ0) is 29.4. The monoisotopic (exact) mass is 565 g/mol. The van der Waals surface area contributed by atoms with Crippen molar-refractivity contribution < 1.29 is 58.6 Å². The van der Waals surface area contributed by atoms with Crippen LogP contribution in [-0.4, -0.2) is 99.4 Å². The standard InChI is InChI=1S/C25H31N3O12/c1-26-25(37)38-12-13-6-7-15(39-24-21(34)19(32)20(33)22(40-24)23(35)36)14(11-13)27-16(29)5-3-2-4-10-28-17(30)8-9-18(28)31/h6-9,11,19-22,24,32-34H,2-5,10,12H2,1H3,(H,26,37)(H,27,29)(H,35,36)/t19-,20-,21+,22-,24+/m0/s1. The molecule has 1 aromatic rings. The van der Waals surface area contributed by atoms with E-state index in [1.807, 2.05) is 0 Å². The number of carbonyl (C=O) groups is 5. The second kappa shape index (κ2) is 13.8. The van der Waals surface area contributed by atoms with Crippen LogP contribution < -0.4 is 15.4 Å². The van der Waals surface area contributed by atoms with Gasteiger partial charge in [0.1, 0.15) is 30.7 Å². The molecule has 5 atom stereocenters. The molecule has 218 valence electrons. The maximum Gasteiger partial charge on any atom is 0.407 e. The second-order valence-corrected chi connectivity index (χ2v) is 9.03. The summed E-state index contributed by atoms with van der Waals surface area (Å²) in [5.74, 6) is -2.84. The summed E-state index contributed by atoms with van der Waals surface area (Å²) < 4.78 is 15.8. The Morgan fingerprint density at radius 1 is 1.00 bits per heavy atom. The van der Waals surface area contributed by atoms with Crippen molar-refractivity contribution in [2.45, 2.75) is 63.0 Å². The lowest BCUT2D eigenvalue weighted by Crippen LogP contribution is -2.61. The van der Waals surface area contributed by atoms with E-state index in [-0.39, 0.29) is 42.8 Å². The van der Waals surface area contributed by atoms with Crippen molar-refractivity contribution in [1.82, 2.24) is 10.2 Å². The van der Waals surface area contributed by atoms with E-state index in [4.69, 9.17) is 14.2 Å². The first-order valence-corrected chi connectivity index (χ1v) is 12.4. The van der Waals surface area contributed by atoms with E-state index >= 15 is 0 Å². The van der Waals surface area contributed by atoms with Crippen LogP contribution in [0.25, 0.3) is 0 Å². The Hall–Kier alpha value is -4.05. The predicted molar refractivity (Wildman–Crippen MR) is 134 cm³/mol. The summed E-state index contributed by atoms with van der Waals surface area (Å²) in [6.45, 7) is 0.0689. The molecule has 2 heterocycles. The van der Waals surface area contributed by atoms with E-state index in [0.717, 1.165) is 4.90 Å². The number of aliphatic hydroxyl groups is 3. The molecular weight excluding hydrogens is 534 g/mol. The molecule has 40 heavy (non-hydrogen) atoms. The van der Waals surface area contributed by atoms with Crippen molar-refractivity contribution in [1.29, 1.82) is 0 Å². The molecule has 2 aliphatic heterocycles. The molecule has 1 aromatic carbocycles. The van der Waals surface area contributed by atoms with Crippen molar-refractivity contribution in [2.24, 2.45) is 0 Å². The van der Waals surface area contributed by atoms with Crippen LogP contribution in [0.5, 0.6) is 5.75 Å². The van der Waals surface area contributed by atoms with E-state index in [2.05, 4.69) is 10.6 Å². The minimum absolute atomic E-state index is 0.0626. The normalized spacial score (nSPS) is 24.1. The van der Waals surface area contributed by atoms with E-state index in [9.17, 15) is 44.4 Å². The average Bonchev–Trinajstić information content (AvgIpc) is 3.24. The van der Waals surface area contributed by atoms with Crippen LogP contribution in [0.15, 0.2) is 30.4 Å². The minimum Gasteiger partial charge on any atom is -0.479 e. The first kappa shape index (κ1) is 30.5. The van der Waals surface area contributed by atoms with E-state index < -0.39 is 48.7 Å². The van der Waals surface area contributed by atoms with Gasteiger partial charge < -0.3 is 45.3 Å². The SMILES string of the molecule is CNC(=O)OCc1ccc(O[C@@H]2O[C@H](C(=O)O)[C@@H](O)[C@H](O)[C@H]2O)c(NC(=O)CCCCCN2C(=O)C=CC2=O)c1. The van der Waals surface area contributed by atoms with Gasteiger partial charge in [0.25, 0.3) is 11.8 Å². The fourth-order valence-electron chi connectivity index (χ4n) is 3.96. The number of aliphatic carboxylic acids is 1. The number of carboxylic acid groups (broad SMARTS) is 1. The van der Waals surface area contributed by atoms with Crippen LogP contribution in [0.3, 0.4) is 0 Å². The van der Waals surface area contributed by atoms with Gasteiger partial charge in [-0.05, 0) is 30.5 Å². The molecule has 3 rings (SSSR count). The Morgan fingerprint density at radius 3 is 2.35 bits per heavy atom. The first-order chi connectivity index (χ1) is 19.0. The number of nitrogens with one attached hydrogen (secondary N) is 2. The van der Waals surface area contributed by atoms with Crippen molar-refractivity contribution in [3.05, 3.63) is 35.9 Å². The van der Waals surface area contributed by atoms with Gasteiger partial charge in [0.2, 0.25) is 12.2 Å². The maximum absolute atomic E-state index is 12.7. The lowest BCUT2D eigenvalue weighted by atomic mass is 9.99. The molecule has 0 aromatic heterocycles. The van der Waals surface area contributed by atoms with Crippen LogP contribution >= 0.6 is 0 Å². The topological polar surface area (TPSA) is 221 Å².